The molecule has 0 spiro atoms. The number of ketones is 1. The summed E-state index contributed by atoms with van der Waals surface area (Å²) >= 11 is 1.41. The van der Waals surface area contributed by atoms with Crippen molar-refractivity contribution >= 4 is 38.9 Å². The molecule has 0 radical (unpaired) electrons. The zero-order chi connectivity index (χ0) is 23.8. The molecule has 1 unspecified atom stereocenters. The van der Waals surface area contributed by atoms with Gasteiger partial charge < -0.3 is 9.64 Å². The number of carbonyl (C=O) groups excluding carboxylic acids is 2. The summed E-state index contributed by atoms with van der Waals surface area (Å²) in [7, 11) is 0. The number of thiophene rings is 1. The van der Waals surface area contributed by atoms with Crippen LogP contribution in [-0.2, 0) is 4.79 Å². The largest absolute Gasteiger partial charge is 0.482 e. The molecule has 1 amide bonds. The molecule has 2 aromatic carbocycles. The first-order valence-corrected chi connectivity index (χ1v) is 12.0. The topological polar surface area (TPSA) is 81.5 Å². The Morgan fingerprint density at radius 1 is 1.18 bits per heavy atom. The number of rotatable bonds is 6. The molecule has 172 valence electrons. The quantitative estimate of drug-likeness (QED) is 0.379. The molecule has 3 heterocycles. The van der Waals surface area contributed by atoms with Gasteiger partial charge in [-0.2, -0.15) is 0 Å². The van der Waals surface area contributed by atoms with E-state index < -0.39 is 6.04 Å². The second-order valence-electron chi connectivity index (χ2n) is 8.21. The standard InChI is InChI=1S/C26H23N3O4S/c1-3-11-28-20-12-18(9-10-21(20)33-13-22(28)30)24(31)16(2)29-15-27-25-23(26(29)32)19(14-34-25)17-7-5-4-6-8-17/h4-10,12,14-16H,3,11,13H2,1-2H3. The number of aromatic nitrogens is 2. The fourth-order valence-corrected chi connectivity index (χ4v) is 5.15. The normalized spacial score (nSPS) is 14.1. The third-order valence-corrected chi connectivity index (χ3v) is 6.92. The van der Waals surface area contributed by atoms with Gasteiger partial charge in [0, 0.05) is 23.1 Å². The number of amides is 1. The van der Waals surface area contributed by atoms with E-state index in [4.69, 9.17) is 4.74 Å². The smallest absolute Gasteiger partial charge is 0.265 e. The van der Waals surface area contributed by atoms with E-state index >= 15 is 0 Å². The van der Waals surface area contributed by atoms with E-state index in [9.17, 15) is 14.4 Å². The van der Waals surface area contributed by atoms with Crippen LogP contribution < -0.4 is 15.2 Å². The predicted molar refractivity (Wildman–Crippen MR) is 133 cm³/mol. The maximum atomic E-state index is 13.5. The lowest BCUT2D eigenvalue weighted by molar-refractivity contribution is -0.121. The Kier molecular flexibility index (Phi) is 5.75. The minimum absolute atomic E-state index is 0.0117. The van der Waals surface area contributed by atoms with E-state index in [1.54, 1.807) is 30.0 Å². The van der Waals surface area contributed by atoms with Crippen molar-refractivity contribution in [2.24, 2.45) is 0 Å². The lowest BCUT2D eigenvalue weighted by atomic mass is 10.0. The fourth-order valence-electron chi connectivity index (χ4n) is 4.24. The third-order valence-electron chi connectivity index (χ3n) is 6.03. The number of ether oxygens (including phenoxy) is 1. The van der Waals surface area contributed by atoms with Crippen molar-refractivity contribution in [1.82, 2.24) is 9.55 Å². The number of Topliss-reactive ketones (excluding diaryl/α,β-unsaturated/α-hetero) is 1. The lowest BCUT2D eigenvalue weighted by Crippen LogP contribution is -2.39. The number of hydrogen-bond acceptors (Lipinski definition) is 6. The summed E-state index contributed by atoms with van der Waals surface area (Å²) in [6.45, 7) is 4.21. The Morgan fingerprint density at radius 2 is 1.97 bits per heavy atom. The summed E-state index contributed by atoms with van der Waals surface area (Å²) in [5.74, 6) is 0.198. The van der Waals surface area contributed by atoms with Crippen molar-refractivity contribution in [2.45, 2.75) is 26.3 Å². The molecule has 0 fully saturated rings. The molecule has 34 heavy (non-hydrogen) atoms. The molecule has 5 rings (SSSR count). The second-order valence-corrected chi connectivity index (χ2v) is 9.07. The zero-order valence-corrected chi connectivity index (χ0v) is 19.7. The molecule has 2 aromatic heterocycles. The third kappa shape index (κ3) is 3.70. The van der Waals surface area contributed by atoms with Gasteiger partial charge in [-0.1, -0.05) is 37.3 Å². The van der Waals surface area contributed by atoms with Crippen molar-refractivity contribution in [3.05, 3.63) is 76.2 Å². The Hall–Kier alpha value is -3.78. The van der Waals surface area contributed by atoms with Crippen molar-refractivity contribution in [1.29, 1.82) is 0 Å². The predicted octanol–water partition coefficient (Wildman–Crippen LogP) is 4.70. The molecule has 1 aliphatic heterocycles. The highest BCUT2D eigenvalue weighted by Gasteiger charge is 2.28. The van der Waals surface area contributed by atoms with Crippen LogP contribution in [-0.4, -0.2) is 34.4 Å². The van der Waals surface area contributed by atoms with E-state index in [0.29, 0.717) is 33.8 Å². The summed E-state index contributed by atoms with van der Waals surface area (Å²) in [4.78, 5) is 46.0. The monoisotopic (exact) mass is 473 g/mol. The maximum absolute atomic E-state index is 13.5. The minimum Gasteiger partial charge on any atom is -0.482 e. The van der Waals surface area contributed by atoms with Gasteiger partial charge in [0.15, 0.2) is 12.4 Å². The SMILES string of the molecule is CCCN1C(=O)COc2ccc(C(=O)C(C)n3cnc4scc(-c5ccccc5)c4c3=O)cc21. The Balaban J connectivity index is 1.53. The van der Waals surface area contributed by atoms with E-state index in [2.05, 4.69) is 4.98 Å². The summed E-state index contributed by atoms with van der Waals surface area (Å²) in [5.41, 5.74) is 2.48. The number of carbonyl (C=O) groups is 2. The molecule has 0 saturated heterocycles. The molecular formula is C26H23N3O4S. The van der Waals surface area contributed by atoms with Gasteiger partial charge in [-0.05, 0) is 37.1 Å². The Morgan fingerprint density at radius 3 is 2.74 bits per heavy atom. The Bertz CT molecular complexity index is 1460. The maximum Gasteiger partial charge on any atom is 0.265 e. The van der Waals surface area contributed by atoms with Crippen molar-refractivity contribution in [2.75, 3.05) is 18.1 Å². The van der Waals surface area contributed by atoms with Crippen LogP contribution >= 0.6 is 11.3 Å². The second kappa shape index (κ2) is 8.87. The van der Waals surface area contributed by atoms with Gasteiger partial charge in [0.1, 0.15) is 10.6 Å². The zero-order valence-electron chi connectivity index (χ0n) is 18.9. The molecule has 4 aromatic rings. The van der Waals surface area contributed by atoms with E-state index in [0.717, 1.165) is 17.5 Å². The molecule has 1 atom stereocenters. The van der Waals surface area contributed by atoms with Crippen LogP contribution in [0.3, 0.4) is 0 Å². The number of anilines is 1. The average Bonchev–Trinajstić information content (AvgIpc) is 3.31. The van der Waals surface area contributed by atoms with Gasteiger partial charge in [-0.25, -0.2) is 4.98 Å². The summed E-state index contributed by atoms with van der Waals surface area (Å²) in [6.07, 6.45) is 2.22. The van der Waals surface area contributed by atoms with Crippen LogP contribution in [0.15, 0.2) is 65.0 Å². The molecule has 7 nitrogen and oxygen atoms in total. The molecule has 0 saturated carbocycles. The number of nitrogens with zero attached hydrogens (tertiary/aromatic N) is 3. The van der Waals surface area contributed by atoms with Gasteiger partial charge in [-0.15, -0.1) is 11.3 Å². The first-order chi connectivity index (χ1) is 16.5. The molecule has 1 aliphatic rings. The summed E-state index contributed by atoms with van der Waals surface area (Å²) in [5, 5.41) is 2.44. The van der Waals surface area contributed by atoms with E-state index in [1.165, 1.54) is 22.2 Å². The summed E-state index contributed by atoms with van der Waals surface area (Å²) in [6, 6.07) is 14.0. The van der Waals surface area contributed by atoms with Crippen molar-refractivity contribution in [3.63, 3.8) is 0 Å². The molecule has 0 bridgehead atoms. The van der Waals surface area contributed by atoms with Crippen LogP contribution in [0.25, 0.3) is 21.3 Å². The van der Waals surface area contributed by atoms with E-state index in [-0.39, 0.29) is 23.9 Å². The lowest BCUT2D eigenvalue weighted by Gasteiger charge is -2.29. The average molecular weight is 474 g/mol. The van der Waals surface area contributed by atoms with Crippen LogP contribution in [0.5, 0.6) is 5.75 Å². The van der Waals surface area contributed by atoms with Crippen LogP contribution in [0.4, 0.5) is 5.69 Å². The summed E-state index contributed by atoms with van der Waals surface area (Å²) < 4.78 is 6.92. The van der Waals surface area contributed by atoms with Gasteiger partial charge in [0.05, 0.1) is 23.4 Å². The molecule has 0 N–H and O–H groups in total. The van der Waals surface area contributed by atoms with Gasteiger partial charge in [0.25, 0.3) is 11.5 Å². The van der Waals surface area contributed by atoms with Crippen LogP contribution in [0.1, 0.15) is 36.7 Å². The van der Waals surface area contributed by atoms with Gasteiger partial charge in [0.2, 0.25) is 0 Å². The van der Waals surface area contributed by atoms with Crippen molar-refractivity contribution in [3.8, 4) is 16.9 Å². The Labute approximate surface area is 200 Å². The first-order valence-electron chi connectivity index (χ1n) is 11.1. The molecule has 0 aliphatic carbocycles. The highest BCUT2D eigenvalue weighted by Crippen LogP contribution is 2.34. The van der Waals surface area contributed by atoms with Crippen molar-refractivity contribution < 1.29 is 14.3 Å². The van der Waals surface area contributed by atoms with Gasteiger partial charge >= 0.3 is 0 Å². The number of benzene rings is 2. The molecular weight excluding hydrogens is 450 g/mol. The molecule has 8 heteroatoms. The fraction of sp³-hybridized carbons (Fsp3) is 0.231. The number of fused-ring (bicyclic) bond motifs is 2. The highest BCUT2D eigenvalue weighted by molar-refractivity contribution is 7.17. The van der Waals surface area contributed by atoms with Gasteiger partial charge in [-0.3, -0.25) is 19.0 Å². The minimum atomic E-state index is -0.772. The number of hydrogen-bond donors (Lipinski definition) is 0. The first kappa shape index (κ1) is 22.0. The van der Waals surface area contributed by atoms with E-state index in [1.807, 2.05) is 42.6 Å². The van der Waals surface area contributed by atoms with Crippen LogP contribution in [0, 0.1) is 0 Å². The highest BCUT2D eigenvalue weighted by atomic mass is 32.1. The van der Waals surface area contributed by atoms with Crippen LogP contribution in [0.2, 0.25) is 0 Å².